The fourth-order valence-electron chi connectivity index (χ4n) is 5.28. The smallest absolute Gasteiger partial charge is 0.252 e. The zero-order valence-electron chi connectivity index (χ0n) is 17.0. The van der Waals surface area contributed by atoms with Crippen LogP contribution in [0.4, 0.5) is 0 Å². The summed E-state index contributed by atoms with van der Waals surface area (Å²) in [5.74, 6) is 0.822. The number of rotatable bonds is 3. The summed E-state index contributed by atoms with van der Waals surface area (Å²) in [6.07, 6.45) is 3.44. The van der Waals surface area contributed by atoms with E-state index in [0.717, 1.165) is 24.2 Å². The fraction of sp³-hybridized carbons (Fsp3) is 0.417. The van der Waals surface area contributed by atoms with Crippen LogP contribution in [0, 0.1) is 5.41 Å². The number of ketones is 1. The van der Waals surface area contributed by atoms with E-state index in [9.17, 15) is 9.59 Å². The first-order chi connectivity index (χ1) is 14.0. The standard InChI is InChI=1S/C24H26N2O3/c1-24-14-26(12-17-10-15-6-5-7-16(15)11-20(17)29-2)13-21(24)25-23(28)19-9-4-3-8-18(19)22(24)27/h3-4,8-11,21H,5-7,12-14H2,1-2H3,(H,25,28)/t21-,24+/m1/s1. The van der Waals surface area contributed by atoms with Gasteiger partial charge in [0.25, 0.3) is 5.91 Å². The topological polar surface area (TPSA) is 58.6 Å². The molecule has 1 fully saturated rings. The number of methoxy groups -OCH3 is 1. The van der Waals surface area contributed by atoms with Crippen molar-refractivity contribution in [3.8, 4) is 5.75 Å². The second-order valence-corrected chi connectivity index (χ2v) is 8.77. The molecule has 5 rings (SSSR count). The summed E-state index contributed by atoms with van der Waals surface area (Å²) in [6.45, 7) is 3.98. The maximum absolute atomic E-state index is 13.4. The van der Waals surface area contributed by atoms with Gasteiger partial charge in [-0.2, -0.15) is 0 Å². The van der Waals surface area contributed by atoms with E-state index in [1.807, 2.05) is 19.1 Å². The van der Waals surface area contributed by atoms with Crippen molar-refractivity contribution >= 4 is 11.7 Å². The molecule has 2 heterocycles. The van der Waals surface area contributed by atoms with E-state index in [1.165, 1.54) is 17.5 Å². The maximum atomic E-state index is 13.4. The molecule has 2 aliphatic heterocycles. The predicted octanol–water partition coefficient (Wildman–Crippen LogP) is 3.00. The highest BCUT2D eigenvalue weighted by atomic mass is 16.5. The molecule has 5 nitrogen and oxygen atoms in total. The van der Waals surface area contributed by atoms with Crippen LogP contribution in [0.25, 0.3) is 0 Å². The molecule has 0 saturated carbocycles. The van der Waals surface area contributed by atoms with Crippen LogP contribution < -0.4 is 10.1 Å². The molecule has 5 heteroatoms. The van der Waals surface area contributed by atoms with Gasteiger partial charge >= 0.3 is 0 Å². The molecule has 0 spiro atoms. The van der Waals surface area contributed by atoms with Crippen molar-refractivity contribution in [3.05, 3.63) is 64.2 Å². The number of hydrogen-bond donors (Lipinski definition) is 1. The van der Waals surface area contributed by atoms with Crippen molar-refractivity contribution in [1.29, 1.82) is 0 Å². The molecule has 1 saturated heterocycles. The zero-order valence-corrected chi connectivity index (χ0v) is 17.0. The number of carbonyl (C=O) groups excluding carboxylic acids is 2. The third kappa shape index (κ3) is 2.87. The first kappa shape index (κ1) is 18.4. The Balaban J connectivity index is 1.44. The molecule has 1 aliphatic carbocycles. The molecule has 3 aliphatic rings. The molecule has 2 atom stereocenters. The number of nitrogens with one attached hydrogen (secondary N) is 1. The summed E-state index contributed by atoms with van der Waals surface area (Å²) in [7, 11) is 1.72. The molecule has 150 valence electrons. The molecule has 0 aromatic heterocycles. The Hall–Kier alpha value is -2.66. The molecular weight excluding hydrogens is 364 g/mol. The van der Waals surface area contributed by atoms with Gasteiger partial charge in [0.1, 0.15) is 5.75 Å². The lowest BCUT2D eigenvalue weighted by Gasteiger charge is -2.27. The van der Waals surface area contributed by atoms with Crippen LogP contribution in [-0.2, 0) is 19.4 Å². The summed E-state index contributed by atoms with van der Waals surface area (Å²) in [6, 6.07) is 11.4. The highest BCUT2D eigenvalue weighted by Gasteiger charge is 2.51. The van der Waals surface area contributed by atoms with Crippen LogP contribution >= 0.6 is 0 Å². The summed E-state index contributed by atoms with van der Waals surface area (Å²) in [5, 5.41) is 3.12. The molecule has 1 amide bonds. The minimum Gasteiger partial charge on any atom is -0.496 e. The lowest BCUT2D eigenvalue weighted by Crippen LogP contribution is -2.47. The normalized spacial score (nSPS) is 25.8. The van der Waals surface area contributed by atoms with E-state index in [-0.39, 0.29) is 17.7 Å². The van der Waals surface area contributed by atoms with E-state index in [1.54, 1.807) is 19.2 Å². The first-order valence-electron chi connectivity index (χ1n) is 10.4. The van der Waals surface area contributed by atoms with Crippen LogP contribution in [0.15, 0.2) is 36.4 Å². The summed E-state index contributed by atoms with van der Waals surface area (Å²) < 4.78 is 5.67. The van der Waals surface area contributed by atoms with Gasteiger partial charge in [0.2, 0.25) is 0 Å². The second kappa shape index (κ2) is 6.70. The van der Waals surface area contributed by atoms with Crippen molar-refractivity contribution in [3.63, 3.8) is 0 Å². The first-order valence-corrected chi connectivity index (χ1v) is 10.4. The second-order valence-electron chi connectivity index (χ2n) is 8.77. The quantitative estimate of drug-likeness (QED) is 0.875. The molecule has 0 bridgehead atoms. The van der Waals surface area contributed by atoms with Crippen LogP contribution in [0.5, 0.6) is 5.75 Å². The van der Waals surface area contributed by atoms with Gasteiger partial charge in [-0.05, 0) is 49.4 Å². The predicted molar refractivity (Wildman–Crippen MR) is 110 cm³/mol. The Bertz CT molecular complexity index is 1020. The number of aryl methyl sites for hydroxylation is 2. The van der Waals surface area contributed by atoms with E-state index >= 15 is 0 Å². The van der Waals surface area contributed by atoms with Crippen molar-refractivity contribution in [2.75, 3.05) is 20.2 Å². The number of likely N-dealkylation sites (tertiary alicyclic amines) is 1. The van der Waals surface area contributed by atoms with E-state index in [2.05, 4.69) is 22.3 Å². The lowest BCUT2D eigenvalue weighted by atomic mass is 9.78. The van der Waals surface area contributed by atoms with Gasteiger partial charge in [-0.1, -0.05) is 24.3 Å². The van der Waals surface area contributed by atoms with Gasteiger partial charge in [-0.25, -0.2) is 0 Å². The summed E-state index contributed by atoms with van der Waals surface area (Å²) in [4.78, 5) is 28.4. The molecule has 0 unspecified atom stereocenters. The lowest BCUT2D eigenvalue weighted by molar-refractivity contribution is 0.0789. The average molecular weight is 390 g/mol. The number of ether oxygens (including phenoxy) is 1. The van der Waals surface area contributed by atoms with Gasteiger partial charge in [0.15, 0.2) is 5.78 Å². The van der Waals surface area contributed by atoms with Crippen molar-refractivity contribution < 1.29 is 14.3 Å². The number of amides is 1. The number of fused-ring (bicyclic) bond motifs is 3. The number of Topliss-reactive ketones (excluding diaryl/α,β-unsaturated/α-hetero) is 1. The summed E-state index contributed by atoms with van der Waals surface area (Å²) in [5.41, 5.74) is 4.35. The van der Waals surface area contributed by atoms with E-state index < -0.39 is 5.41 Å². The monoisotopic (exact) mass is 390 g/mol. The number of hydrogen-bond acceptors (Lipinski definition) is 4. The SMILES string of the molecule is COc1cc2c(cc1CN1C[C@H]3NC(=O)c4ccccc4C(=O)[C@@]3(C)C1)CCC2. The number of nitrogens with zero attached hydrogens (tertiary/aromatic N) is 1. The van der Waals surface area contributed by atoms with Crippen molar-refractivity contribution in [2.45, 2.75) is 38.8 Å². The Labute approximate surface area is 171 Å². The molecule has 29 heavy (non-hydrogen) atoms. The zero-order chi connectivity index (χ0) is 20.2. The fourth-order valence-corrected chi connectivity index (χ4v) is 5.28. The Morgan fingerprint density at radius 1 is 1.14 bits per heavy atom. The van der Waals surface area contributed by atoms with Crippen LogP contribution in [0.1, 0.15) is 50.8 Å². The molecule has 2 aromatic carbocycles. The van der Waals surface area contributed by atoms with Crippen molar-refractivity contribution in [2.24, 2.45) is 5.41 Å². The van der Waals surface area contributed by atoms with E-state index in [4.69, 9.17) is 4.74 Å². The Kier molecular flexibility index (Phi) is 4.24. The van der Waals surface area contributed by atoms with Crippen LogP contribution in [-0.4, -0.2) is 42.8 Å². The molecule has 2 aromatic rings. The van der Waals surface area contributed by atoms with Gasteiger partial charge in [-0.15, -0.1) is 0 Å². The van der Waals surface area contributed by atoms with Gasteiger partial charge < -0.3 is 10.1 Å². The van der Waals surface area contributed by atoms with Crippen LogP contribution in [0.3, 0.4) is 0 Å². The third-order valence-electron chi connectivity index (χ3n) is 6.89. The van der Waals surface area contributed by atoms with Crippen LogP contribution in [0.2, 0.25) is 0 Å². The Morgan fingerprint density at radius 3 is 2.62 bits per heavy atom. The minimum absolute atomic E-state index is 0.0554. The van der Waals surface area contributed by atoms with Gasteiger partial charge in [0, 0.05) is 30.8 Å². The third-order valence-corrected chi connectivity index (χ3v) is 6.89. The Morgan fingerprint density at radius 2 is 1.86 bits per heavy atom. The van der Waals surface area contributed by atoms with E-state index in [0.29, 0.717) is 30.8 Å². The number of carbonyl (C=O) groups is 2. The minimum atomic E-state index is -0.633. The molecular formula is C24H26N2O3. The highest BCUT2D eigenvalue weighted by molar-refractivity contribution is 6.12. The van der Waals surface area contributed by atoms with Crippen molar-refractivity contribution in [1.82, 2.24) is 10.2 Å². The maximum Gasteiger partial charge on any atom is 0.252 e. The largest absolute Gasteiger partial charge is 0.496 e. The van der Waals surface area contributed by atoms with Gasteiger partial charge in [0.05, 0.1) is 24.1 Å². The highest BCUT2D eigenvalue weighted by Crippen LogP contribution is 2.39. The molecule has 0 radical (unpaired) electrons. The summed E-state index contributed by atoms with van der Waals surface area (Å²) >= 11 is 0. The van der Waals surface area contributed by atoms with Gasteiger partial charge in [-0.3, -0.25) is 14.5 Å². The number of benzene rings is 2. The average Bonchev–Trinajstić information content (AvgIpc) is 3.29. The molecule has 1 N–H and O–H groups in total.